The molecule has 0 saturated carbocycles. The van der Waals surface area contributed by atoms with E-state index in [9.17, 15) is 16.8 Å². The molecule has 0 saturated heterocycles. The van der Waals surface area contributed by atoms with E-state index in [2.05, 4.69) is 6.58 Å². The van der Waals surface area contributed by atoms with Gasteiger partial charge in [-0.05, 0) is 36.3 Å². The molecular weight excluding hydrogens is 316 g/mol. The van der Waals surface area contributed by atoms with Crippen LogP contribution in [0.5, 0.6) is 0 Å². The SMILES string of the molecule is C=C(C=CC(=CC)S(=O)(=O)O)c1ccc(S(=O)(=O)O)cc1. The molecule has 21 heavy (non-hydrogen) atoms. The Kier molecular flexibility index (Phi) is 5.24. The van der Waals surface area contributed by atoms with Gasteiger partial charge in [-0.1, -0.05) is 30.9 Å². The molecule has 0 atom stereocenters. The van der Waals surface area contributed by atoms with Crippen molar-refractivity contribution in [3.05, 3.63) is 59.5 Å². The average molecular weight is 330 g/mol. The normalized spacial score (nSPS) is 13.6. The predicted molar refractivity (Wildman–Crippen MR) is 79.7 cm³/mol. The standard InChI is InChI=1S/C13H14O6S2/c1-3-12(20(14,15)16)7-4-10(2)11-5-8-13(9-6-11)21(17,18)19/h3-9H,2H2,1H3,(H,14,15,16)(H,17,18,19). The first kappa shape index (κ1) is 17.3. The van der Waals surface area contributed by atoms with E-state index in [4.69, 9.17) is 9.11 Å². The molecule has 0 bridgehead atoms. The first-order chi connectivity index (χ1) is 9.55. The largest absolute Gasteiger partial charge is 0.294 e. The van der Waals surface area contributed by atoms with Gasteiger partial charge in [-0.3, -0.25) is 9.11 Å². The summed E-state index contributed by atoms with van der Waals surface area (Å²) in [5.74, 6) is 0. The minimum Gasteiger partial charge on any atom is -0.282 e. The van der Waals surface area contributed by atoms with E-state index in [-0.39, 0.29) is 9.80 Å². The van der Waals surface area contributed by atoms with E-state index in [1.54, 1.807) is 0 Å². The number of benzene rings is 1. The van der Waals surface area contributed by atoms with Crippen LogP contribution in [-0.2, 0) is 20.2 Å². The van der Waals surface area contributed by atoms with Crippen molar-refractivity contribution in [2.45, 2.75) is 11.8 Å². The van der Waals surface area contributed by atoms with Crippen molar-refractivity contribution in [2.75, 3.05) is 0 Å². The molecule has 114 valence electrons. The van der Waals surface area contributed by atoms with Crippen LogP contribution < -0.4 is 0 Å². The van der Waals surface area contributed by atoms with E-state index in [0.717, 1.165) is 0 Å². The zero-order valence-corrected chi connectivity index (χ0v) is 12.7. The van der Waals surface area contributed by atoms with Gasteiger partial charge in [-0.25, -0.2) is 0 Å². The van der Waals surface area contributed by atoms with Crippen LogP contribution in [0.3, 0.4) is 0 Å². The fourth-order valence-electron chi connectivity index (χ4n) is 1.45. The van der Waals surface area contributed by atoms with Crippen LogP contribution in [0.25, 0.3) is 5.57 Å². The van der Waals surface area contributed by atoms with Gasteiger partial charge in [-0.15, -0.1) is 0 Å². The Hall–Kier alpha value is -1.74. The lowest BCUT2D eigenvalue weighted by Crippen LogP contribution is -1.99. The molecule has 1 rings (SSSR count). The Morgan fingerprint density at radius 3 is 1.95 bits per heavy atom. The van der Waals surface area contributed by atoms with E-state index < -0.39 is 20.2 Å². The molecule has 0 fully saturated rings. The van der Waals surface area contributed by atoms with Gasteiger partial charge in [0.1, 0.15) is 0 Å². The minimum atomic E-state index is -4.30. The van der Waals surface area contributed by atoms with Gasteiger partial charge in [0.15, 0.2) is 0 Å². The molecule has 0 amide bonds. The summed E-state index contributed by atoms with van der Waals surface area (Å²) in [6.45, 7) is 5.16. The summed E-state index contributed by atoms with van der Waals surface area (Å²) in [7, 11) is -8.56. The third-order valence-corrected chi connectivity index (χ3v) is 4.39. The molecule has 0 radical (unpaired) electrons. The predicted octanol–water partition coefficient (Wildman–Crippen LogP) is 2.29. The molecule has 0 aliphatic rings. The van der Waals surface area contributed by atoms with Gasteiger partial charge in [0, 0.05) is 0 Å². The zero-order chi connectivity index (χ0) is 16.3. The third-order valence-electron chi connectivity index (χ3n) is 2.55. The third kappa shape index (κ3) is 4.94. The second-order valence-electron chi connectivity index (χ2n) is 4.02. The molecule has 6 nitrogen and oxygen atoms in total. The number of allylic oxidation sites excluding steroid dienone is 4. The van der Waals surface area contributed by atoms with Gasteiger partial charge >= 0.3 is 0 Å². The van der Waals surface area contributed by atoms with Gasteiger partial charge in [0.25, 0.3) is 20.2 Å². The van der Waals surface area contributed by atoms with E-state index in [0.29, 0.717) is 11.1 Å². The second kappa shape index (κ2) is 6.35. The molecule has 0 aliphatic heterocycles. The van der Waals surface area contributed by atoms with Crippen molar-refractivity contribution in [2.24, 2.45) is 0 Å². The molecule has 2 N–H and O–H groups in total. The highest BCUT2D eigenvalue weighted by molar-refractivity contribution is 7.90. The van der Waals surface area contributed by atoms with Crippen LogP contribution >= 0.6 is 0 Å². The summed E-state index contributed by atoms with van der Waals surface area (Å²) in [6, 6.07) is 5.23. The van der Waals surface area contributed by atoms with Gasteiger partial charge < -0.3 is 0 Å². The summed E-state index contributed by atoms with van der Waals surface area (Å²) in [4.78, 5) is -0.534. The Balaban J connectivity index is 3.01. The molecule has 0 aromatic heterocycles. The van der Waals surface area contributed by atoms with Crippen LogP contribution in [0.1, 0.15) is 12.5 Å². The molecule has 0 unspecified atom stereocenters. The van der Waals surface area contributed by atoms with Crippen LogP contribution in [-0.4, -0.2) is 25.9 Å². The van der Waals surface area contributed by atoms with Gasteiger partial charge in [-0.2, -0.15) is 16.8 Å². The van der Waals surface area contributed by atoms with Crippen LogP contribution in [0, 0.1) is 0 Å². The maximum absolute atomic E-state index is 11.0. The average Bonchev–Trinajstić information content (AvgIpc) is 2.36. The van der Waals surface area contributed by atoms with E-state index >= 15 is 0 Å². The molecule has 0 heterocycles. The summed E-state index contributed by atoms with van der Waals surface area (Å²) >= 11 is 0. The minimum absolute atomic E-state index is 0.255. The Morgan fingerprint density at radius 2 is 1.57 bits per heavy atom. The maximum Gasteiger partial charge on any atom is 0.294 e. The summed E-state index contributed by atoms with van der Waals surface area (Å²) in [6.07, 6.45) is 3.76. The topological polar surface area (TPSA) is 109 Å². The van der Waals surface area contributed by atoms with Crippen LogP contribution in [0.2, 0.25) is 0 Å². The van der Waals surface area contributed by atoms with Gasteiger partial charge in [0.2, 0.25) is 0 Å². The van der Waals surface area contributed by atoms with Crippen LogP contribution in [0.15, 0.2) is 58.9 Å². The zero-order valence-electron chi connectivity index (χ0n) is 11.1. The lowest BCUT2D eigenvalue weighted by atomic mass is 10.1. The highest BCUT2D eigenvalue weighted by Gasteiger charge is 2.10. The highest BCUT2D eigenvalue weighted by Crippen LogP contribution is 2.18. The molecule has 1 aromatic carbocycles. The number of rotatable bonds is 5. The molecular formula is C13H14O6S2. The lowest BCUT2D eigenvalue weighted by molar-refractivity contribution is 0.482. The highest BCUT2D eigenvalue weighted by atomic mass is 32.2. The first-order valence-electron chi connectivity index (χ1n) is 5.64. The Bertz CT molecular complexity index is 797. The summed E-state index contributed by atoms with van der Waals surface area (Å²) in [5.41, 5.74) is 0.935. The summed E-state index contributed by atoms with van der Waals surface area (Å²) < 4.78 is 61.5. The maximum atomic E-state index is 11.0. The Labute approximate surface area is 123 Å². The monoisotopic (exact) mass is 330 g/mol. The van der Waals surface area contributed by atoms with E-state index in [1.165, 1.54) is 49.4 Å². The molecule has 0 aliphatic carbocycles. The fraction of sp³-hybridized carbons (Fsp3) is 0.0769. The number of hydrogen-bond donors (Lipinski definition) is 2. The molecule has 0 spiro atoms. The fourth-order valence-corrected chi connectivity index (χ4v) is 2.47. The van der Waals surface area contributed by atoms with Crippen molar-refractivity contribution in [3.63, 3.8) is 0 Å². The Morgan fingerprint density at radius 1 is 1.05 bits per heavy atom. The van der Waals surface area contributed by atoms with Crippen molar-refractivity contribution >= 4 is 25.8 Å². The van der Waals surface area contributed by atoms with Gasteiger partial charge in [0.05, 0.1) is 9.80 Å². The first-order valence-corrected chi connectivity index (χ1v) is 8.52. The second-order valence-corrected chi connectivity index (χ2v) is 6.87. The molecule has 8 heteroatoms. The quantitative estimate of drug-likeness (QED) is 0.633. The molecule has 1 aromatic rings. The number of hydrogen-bond acceptors (Lipinski definition) is 4. The lowest BCUT2D eigenvalue weighted by Gasteiger charge is -2.02. The van der Waals surface area contributed by atoms with Crippen LogP contribution in [0.4, 0.5) is 0 Å². The van der Waals surface area contributed by atoms with Crippen molar-refractivity contribution in [3.8, 4) is 0 Å². The van der Waals surface area contributed by atoms with Crippen molar-refractivity contribution < 1.29 is 25.9 Å². The smallest absolute Gasteiger partial charge is 0.282 e. The van der Waals surface area contributed by atoms with Crippen molar-refractivity contribution in [1.82, 2.24) is 0 Å². The van der Waals surface area contributed by atoms with E-state index in [1.807, 2.05) is 0 Å². The summed E-state index contributed by atoms with van der Waals surface area (Å²) in [5, 5.41) is 0. The van der Waals surface area contributed by atoms with Crippen molar-refractivity contribution in [1.29, 1.82) is 0 Å².